The SMILES string of the molecule is CCOC(=O)[C@@H]1CC(c2ccc(C)cc2)c2[nH]c3ccc(Cl)cc3c21. The van der Waals surface area contributed by atoms with Gasteiger partial charge < -0.3 is 9.72 Å². The van der Waals surface area contributed by atoms with E-state index >= 15 is 0 Å². The summed E-state index contributed by atoms with van der Waals surface area (Å²) >= 11 is 6.21. The molecule has 0 spiro atoms. The Morgan fingerprint density at radius 2 is 2.00 bits per heavy atom. The van der Waals surface area contributed by atoms with Gasteiger partial charge in [0.05, 0.1) is 12.5 Å². The number of aromatic nitrogens is 1. The summed E-state index contributed by atoms with van der Waals surface area (Å²) in [6.45, 7) is 4.32. The van der Waals surface area contributed by atoms with Gasteiger partial charge in [0.1, 0.15) is 0 Å². The Balaban J connectivity index is 1.87. The van der Waals surface area contributed by atoms with Crippen LogP contribution in [0.2, 0.25) is 5.02 Å². The molecule has 1 heterocycles. The van der Waals surface area contributed by atoms with E-state index < -0.39 is 0 Å². The van der Waals surface area contributed by atoms with Crippen molar-refractivity contribution < 1.29 is 9.53 Å². The van der Waals surface area contributed by atoms with Gasteiger partial charge in [0, 0.05) is 27.5 Å². The predicted octanol–water partition coefficient (Wildman–Crippen LogP) is 5.31. The molecule has 0 aliphatic heterocycles. The van der Waals surface area contributed by atoms with E-state index in [1.165, 1.54) is 11.1 Å². The lowest BCUT2D eigenvalue weighted by Gasteiger charge is -2.13. The van der Waals surface area contributed by atoms with Crippen molar-refractivity contribution in [2.75, 3.05) is 6.61 Å². The molecule has 0 amide bonds. The van der Waals surface area contributed by atoms with E-state index in [9.17, 15) is 4.79 Å². The standard InChI is InChI=1S/C21H20ClNO2/c1-3-25-21(24)17-11-15(13-6-4-12(2)5-7-13)20-19(17)16-10-14(22)8-9-18(16)23-20/h4-10,15,17,23H,3,11H2,1-2H3/t15?,17-/m1/s1. The van der Waals surface area contributed by atoms with E-state index in [-0.39, 0.29) is 17.8 Å². The Morgan fingerprint density at radius 3 is 2.72 bits per heavy atom. The summed E-state index contributed by atoms with van der Waals surface area (Å²) in [5.41, 5.74) is 5.62. The highest BCUT2D eigenvalue weighted by molar-refractivity contribution is 6.31. The molecule has 1 aromatic heterocycles. The van der Waals surface area contributed by atoms with Gasteiger partial charge in [-0.1, -0.05) is 41.4 Å². The monoisotopic (exact) mass is 353 g/mol. The highest BCUT2D eigenvalue weighted by atomic mass is 35.5. The van der Waals surface area contributed by atoms with Crippen molar-refractivity contribution in [1.29, 1.82) is 0 Å². The molecule has 0 fully saturated rings. The van der Waals surface area contributed by atoms with Crippen LogP contribution in [0.3, 0.4) is 0 Å². The predicted molar refractivity (Wildman–Crippen MR) is 100 cm³/mol. The fourth-order valence-electron chi connectivity index (χ4n) is 3.89. The summed E-state index contributed by atoms with van der Waals surface area (Å²) in [6, 6.07) is 14.3. The van der Waals surface area contributed by atoms with Gasteiger partial charge in [-0.2, -0.15) is 0 Å². The summed E-state index contributed by atoms with van der Waals surface area (Å²) in [5.74, 6) is -0.246. The van der Waals surface area contributed by atoms with Crippen molar-refractivity contribution in [2.24, 2.45) is 0 Å². The molecule has 3 nitrogen and oxygen atoms in total. The number of esters is 1. The second-order valence-corrected chi connectivity index (χ2v) is 7.08. The Kier molecular flexibility index (Phi) is 4.04. The maximum absolute atomic E-state index is 12.6. The average Bonchev–Trinajstić information content (AvgIpc) is 3.13. The van der Waals surface area contributed by atoms with Gasteiger partial charge in [-0.05, 0) is 49.6 Å². The first-order valence-corrected chi connectivity index (χ1v) is 9.00. The highest BCUT2D eigenvalue weighted by Gasteiger charge is 2.40. The molecule has 2 aromatic carbocycles. The molecule has 0 saturated carbocycles. The van der Waals surface area contributed by atoms with Gasteiger partial charge in [0.15, 0.2) is 0 Å². The van der Waals surface area contributed by atoms with Crippen molar-refractivity contribution in [1.82, 2.24) is 4.98 Å². The first-order valence-electron chi connectivity index (χ1n) is 8.62. The number of rotatable bonds is 3. The fourth-order valence-corrected chi connectivity index (χ4v) is 4.06. The molecular formula is C21H20ClNO2. The molecule has 1 N–H and O–H groups in total. The summed E-state index contributed by atoms with van der Waals surface area (Å²) in [7, 11) is 0. The molecule has 2 atom stereocenters. The molecule has 1 unspecified atom stereocenters. The number of halogens is 1. The highest BCUT2D eigenvalue weighted by Crippen LogP contribution is 2.49. The molecule has 128 valence electrons. The van der Waals surface area contributed by atoms with Crippen LogP contribution in [-0.4, -0.2) is 17.6 Å². The largest absolute Gasteiger partial charge is 0.466 e. The molecule has 0 bridgehead atoms. The van der Waals surface area contributed by atoms with Crippen LogP contribution in [-0.2, 0) is 9.53 Å². The summed E-state index contributed by atoms with van der Waals surface area (Å²) in [6.07, 6.45) is 0.728. The van der Waals surface area contributed by atoms with Gasteiger partial charge in [-0.15, -0.1) is 0 Å². The Hall–Kier alpha value is -2.26. The second kappa shape index (κ2) is 6.23. The number of aryl methyl sites for hydroxylation is 1. The van der Waals surface area contributed by atoms with Crippen LogP contribution >= 0.6 is 11.6 Å². The third-order valence-electron chi connectivity index (χ3n) is 5.05. The quantitative estimate of drug-likeness (QED) is 0.648. The number of hydrogen-bond acceptors (Lipinski definition) is 2. The van der Waals surface area contributed by atoms with Crippen molar-refractivity contribution in [2.45, 2.75) is 32.1 Å². The van der Waals surface area contributed by atoms with Gasteiger partial charge in [0.2, 0.25) is 0 Å². The first kappa shape index (κ1) is 16.2. The van der Waals surface area contributed by atoms with Crippen LogP contribution in [0.1, 0.15) is 47.6 Å². The van der Waals surface area contributed by atoms with E-state index in [2.05, 4.69) is 36.2 Å². The molecule has 25 heavy (non-hydrogen) atoms. The van der Waals surface area contributed by atoms with E-state index in [4.69, 9.17) is 16.3 Å². The third-order valence-corrected chi connectivity index (χ3v) is 5.29. The summed E-state index contributed by atoms with van der Waals surface area (Å²) in [4.78, 5) is 16.1. The lowest BCUT2D eigenvalue weighted by atomic mass is 9.94. The molecule has 1 aliphatic carbocycles. The first-order chi connectivity index (χ1) is 12.1. The van der Waals surface area contributed by atoms with Crippen LogP contribution in [0.15, 0.2) is 42.5 Å². The number of aromatic amines is 1. The molecule has 4 heteroatoms. The minimum atomic E-state index is -0.256. The lowest BCUT2D eigenvalue weighted by Crippen LogP contribution is -2.14. The maximum atomic E-state index is 12.6. The van der Waals surface area contributed by atoms with Gasteiger partial charge in [0.25, 0.3) is 0 Å². The Labute approximate surface area is 152 Å². The topological polar surface area (TPSA) is 42.1 Å². The molecule has 1 aliphatic rings. The van der Waals surface area contributed by atoms with Crippen molar-refractivity contribution in [3.63, 3.8) is 0 Å². The zero-order valence-corrected chi connectivity index (χ0v) is 15.1. The second-order valence-electron chi connectivity index (χ2n) is 6.65. The number of H-pyrrole nitrogens is 1. The van der Waals surface area contributed by atoms with Crippen LogP contribution in [0, 0.1) is 6.92 Å². The smallest absolute Gasteiger partial charge is 0.313 e. The van der Waals surface area contributed by atoms with E-state index in [0.717, 1.165) is 28.6 Å². The van der Waals surface area contributed by atoms with E-state index in [1.54, 1.807) is 0 Å². The van der Waals surface area contributed by atoms with Crippen LogP contribution < -0.4 is 0 Å². The minimum absolute atomic E-state index is 0.153. The molecule has 4 rings (SSSR count). The zero-order chi connectivity index (χ0) is 17.6. The number of carbonyl (C=O) groups is 1. The molecule has 0 radical (unpaired) electrons. The van der Waals surface area contributed by atoms with Crippen molar-refractivity contribution >= 4 is 28.5 Å². The van der Waals surface area contributed by atoms with E-state index in [1.807, 2.05) is 25.1 Å². The normalized spacial score (nSPS) is 19.2. The third kappa shape index (κ3) is 2.73. The zero-order valence-electron chi connectivity index (χ0n) is 14.3. The van der Waals surface area contributed by atoms with Gasteiger partial charge >= 0.3 is 5.97 Å². The molecular weight excluding hydrogens is 334 g/mol. The Morgan fingerprint density at radius 1 is 1.24 bits per heavy atom. The number of ether oxygens (including phenoxy) is 1. The number of fused-ring (bicyclic) bond motifs is 3. The Bertz CT molecular complexity index is 942. The average molecular weight is 354 g/mol. The lowest BCUT2D eigenvalue weighted by molar-refractivity contribution is -0.144. The molecule has 0 saturated heterocycles. The van der Waals surface area contributed by atoms with Crippen molar-refractivity contribution in [3.05, 3.63) is 69.9 Å². The van der Waals surface area contributed by atoms with Crippen LogP contribution in [0.25, 0.3) is 10.9 Å². The molecule has 3 aromatic rings. The minimum Gasteiger partial charge on any atom is -0.466 e. The van der Waals surface area contributed by atoms with Crippen LogP contribution in [0.5, 0.6) is 0 Å². The number of nitrogens with one attached hydrogen (secondary N) is 1. The number of carbonyl (C=O) groups excluding carboxylic acids is 1. The summed E-state index contributed by atoms with van der Waals surface area (Å²) in [5, 5.41) is 1.70. The maximum Gasteiger partial charge on any atom is 0.313 e. The van der Waals surface area contributed by atoms with Crippen molar-refractivity contribution in [3.8, 4) is 0 Å². The van der Waals surface area contributed by atoms with Gasteiger partial charge in [-0.3, -0.25) is 4.79 Å². The number of hydrogen-bond donors (Lipinski definition) is 1. The summed E-state index contributed by atoms with van der Waals surface area (Å²) < 4.78 is 5.35. The van der Waals surface area contributed by atoms with Crippen LogP contribution in [0.4, 0.5) is 0 Å². The van der Waals surface area contributed by atoms with E-state index in [0.29, 0.717) is 11.6 Å². The van der Waals surface area contributed by atoms with Gasteiger partial charge in [-0.25, -0.2) is 0 Å². The fraction of sp³-hybridized carbons (Fsp3) is 0.286. The number of benzene rings is 2.